The molecule has 11 heteroatoms. The van der Waals surface area contributed by atoms with Gasteiger partial charge in [0.05, 0.1) is 30.1 Å². The number of halogens is 1. The summed E-state index contributed by atoms with van der Waals surface area (Å²) < 4.78 is 22.8. The molecule has 0 saturated carbocycles. The first-order chi connectivity index (χ1) is 19.4. The van der Waals surface area contributed by atoms with Crippen molar-refractivity contribution in [1.82, 2.24) is 24.6 Å². The van der Waals surface area contributed by atoms with Crippen molar-refractivity contribution >= 4 is 34.1 Å². The van der Waals surface area contributed by atoms with Crippen LogP contribution in [0.3, 0.4) is 0 Å². The number of aromatic nitrogens is 4. The quantitative estimate of drug-likeness (QED) is 0.409. The number of anilines is 3. The molecule has 1 amide bonds. The van der Waals surface area contributed by atoms with Crippen molar-refractivity contribution in [3.05, 3.63) is 60.3 Å². The van der Waals surface area contributed by atoms with Gasteiger partial charge in [-0.2, -0.15) is 5.10 Å². The second-order valence-corrected chi connectivity index (χ2v) is 10.4. The number of morpholine rings is 1. The van der Waals surface area contributed by atoms with Crippen LogP contribution in [0.1, 0.15) is 17.4 Å². The van der Waals surface area contributed by atoms with E-state index in [0.717, 1.165) is 17.4 Å². The van der Waals surface area contributed by atoms with Gasteiger partial charge in [0.2, 0.25) is 5.95 Å². The van der Waals surface area contributed by atoms with Gasteiger partial charge in [0.15, 0.2) is 5.69 Å². The van der Waals surface area contributed by atoms with Crippen molar-refractivity contribution in [3.63, 3.8) is 0 Å². The summed E-state index contributed by atoms with van der Waals surface area (Å²) in [6.45, 7) is 7.08. The molecular formula is C29H33FN8O2. The molecule has 2 saturated heterocycles. The van der Waals surface area contributed by atoms with E-state index in [2.05, 4.69) is 44.2 Å². The third-order valence-corrected chi connectivity index (χ3v) is 7.85. The molecule has 1 unspecified atom stereocenters. The summed E-state index contributed by atoms with van der Waals surface area (Å²) >= 11 is 0. The molecule has 6 rings (SSSR count). The third kappa shape index (κ3) is 4.98. The maximum absolute atomic E-state index is 15.7. The van der Waals surface area contributed by atoms with Gasteiger partial charge in [0, 0.05) is 74.7 Å². The SMILES string of the molecule is CC1CN(c2cc(F)c(-c3cnc(N4CCOCC4)nc3)cc2NC(=O)c2nn(C)c3ccccc23)CCN1C. The van der Waals surface area contributed by atoms with E-state index >= 15 is 4.39 Å². The molecule has 2 fully saturated rings. The number of para-hydroxylation sites is 1. The minimum absolute atomic E-state index is 0.279. The average molecular weight is 545 g/mol. The zero-order valence-corrected chi connectivity index (χ0v) is 23.0. The first kappa shape index (κ1) is 26.1. The van der Waals surface area contributed by atoms with Gasteiger partial charge in [0.25, 0.3) is 5.91 Å². The Labute approximate surface area is 232 Å². The fraction of sp³-hybridized carbons (Fsp3) is 0.379. The van der Waals surface area contributed by atoms with E-state index in [4.69, 9.17) is 4.74 Å². The molecule has 2 aromatic heterocycles. The number of carbonyl (C=O) groups excluding carboxylic acids is 1. The minimum atomic E-state index is -0.398. The summed E-state index contributed by atoms with van der Waals surface area (Å²) in [5, 5.41) is 8.29. The van der Waals surface area contributed by atoms with E-state index in [-0.39, 0.29) is 11.9 Å². The van der Waals surface area contributed by atoms with Crippen molar-refractivity contribution in [2.75, 3.05) is 68.1 Å². The van der Waals surface area contributed by atoms with Gasteiger partial charge >= 0.3 is 0 Å². The van der Waals surface area contributed by atoms with Crippen LogP contribution in [0.25, 0.3) is 22.0 Å². The molecule has 1 atom stereocenters. The molecule has 0 bridgehead atoms. The number of amides is 1. The second kappa shape index (κ2) is 10.8. The molecule has 0 radical (unpaired) electrons. The summed E-state index contributed by atoms with van der Waals surface area (Å²) in [4.78, 5) is 29.0. The van der Waals surface area contributed by atoms with Crippen molar-refractivity contribution in [2.45, 2.75) is 13.0 Å². The highest BCUT2D eigenvalue weighted by molar-refractivity contribution is 6.12. The number of carbonyl (C=O) groups is 1. The fourth-order valence-electron chi connectivity index (χ4n) is 5.36. The van der Waals surface area contributed by atoms with E-state index in [1.54, 1.807) is 23.1 Å². The number of nitrogens with zero attached hydrogens (tertiary/aromatic N) is 7. The highest BCUT2D eigenvalue weighted by Crippen LogP contribution is 2.36. The Balaban J connectivity index is 1.37. The van der Waals surface area contributed by atoms with Crippen LogP contribution in [0.4, 0.5) is 21.7 Å². The van der Waals surface area contributed by atoms with E-state index in [0.29, 0.717) is 73.5 Å². The molecule has 4 aromatic rings. The summed E-state index contributed by atoms with van der Waals surface area (Å²) in [6, 6.07) is 11.1. The van der Waals surface area contributed by atoms with E-state index in [1.165, 1.54) is 6.07 Å². The zero-order valence-electron chi connectivity index (χ0n) is 23.0. The highest BCUT2D eigenvalue weighted by atomic mass is 19.1. The summed E-state index contributed by atoms with van der Waals surface area (Å²) in [7, 11) is 3.90. The lowest BCUT2D eigenvalue weighted by Gasteiger charge is -2.39. The molecule has 0 aliphatic carbocycles. The summed E-state index contributed by atoms with van der Waals surface area (Å²) in [5.74, 6) is -0.159. The van der Waals surface area contributed by atoms with Gasteiger partial charge in [-0.1, -0.05) is 18.2 Å². The molecular weight excluding hydrogens is 511 g/mol. The van der Waals surface area contributed by atoms with E-state index < -0.39 is 5.82 Å². The summed E-state index contributed by atoms with van der Waals surface area (Å²) in [6.07, 6.45) is 3.26. The lowest BCUT2D eigenvalue weighted by atomic mass is 10.0. The monoisotopic (exact) mass is 544 g/mol. The van der Waals surface area contributed by atoms with E-state index in [9.17, 15) is 4.79 Å². The van der Waals surface area contributed by atoms with Gasteiger partial charge < -0.3 is 24.8 Å². The molecule has 2 aliphatic rings. The number of rotatable bonds is 5. The van der Waals surface area contributed by atoms with E-state index in [1.807, 2.05) is 36.2 Å². The Bertz CT molecular complexity index is 1530. The van der Waals surface area contributed by atoms with Crippen LogP contribution < -0.4 is 15.1 Å². The van der Waals surface area contributed by atoms with Gasteiger partial charge in [-0.3, -0.25) is 9.48 Å². The number of benzene rings is 2. The largest absolute Gasteiger partial charge is 0.378 e. The minimum Gasteiger partial charge on any atom is -0.378 e. The predicted octanol–water partition coefficient (Wildman–Crippen LogP) is 3.40. The molecule has 40 heavy (non-hydrogen) atoms. The fourth-order valence-corrected chi connectivity index (χ4v) is 5.36. The van der Waals surface area contributed by atoms with Crippen molar-refractivity contribution in [2.24, 2.45) is 7.05 Å². The number of hydrogen-bond donors (Lipinski definition) is 1. The second-order valence-electron chi connectivity index (χ2n) is 10.4. The van der Waals surface area contributed by atoms with Gasteiger partial charge in [0.1, 0.15) is 5.82 Å². The maximum Gasteiger partial charge on any atom is 0.276 e. The number of piperazine rings is 1. The highest BCUT2D eigenvalue weighted by Gasteiger charge is 2.26. The molecule has 1 N–H and O–H groups in total. The lowest BCUT2D eigenvalue weighted by molar-refractivity contribution is 0.102. The topological polar surface area (TPSA) is 91.6 Å². The first-order valence-electron chi connectivity index (χ1n) is 13.6. The van der Waals surface area contributed by atoms with Gasteiger partial charge in [-0.15, -0.1) is 0 Å². The van der Waals surface area contributed by atoms with Gasteiger partial charge in [-0.25, -0.2) is 14.4 Å². The van der Waals surface area contributed by atoms with Crippen molar-refractivity contribution < 1.29 is 13.9 Å². The van der Waals surface area contributed by atoms with Crippen LogP contribution in [0.2, 0.25) is 0 Å². The van der Waals surface area contributed by atoms with Crippen LogP contribution in [-0.4, -0.2) is 89.6 Å². The maximum atomic E-state index is 15.7. The normalized spacial score (nSPS) is 18.4. The number of hydrogen-bond acceptors (Lipinski definition) is 8. The zero-order chi connectivity index (χ0) is 27.8. The molecule has 0 spiro atoms. The number of ether oxygens (including phenoxy) is 1. The van der Waals surface area contributed by atoms with Crippen molar-refractivity contribution in [1.29, 1.82) is 0 Å². The molecule has 2 aliphatic heterocycles. The standard InChI is InChI=1S/C29H33FN8O2/c1-19-18-38(9-8-35(19)2)26-15-23(30)22(20-16-31-29(32-17-20)37-10-12-40-13-11-37)14-24(26)33-28(39)27-21-6-4-5-7-25(21)36(3)34-27/h4-7,14-17,19H,8-13,18H2,1-3H3,(H,33,39). The molecule has 208 valence electrons. The summed E-state index contributed by atoms with van der Waals surface area (Å²) in [5.41, 5.74) is 3.19. The molecule has 2 aromatic carbocycles. The smallest absolute Gasteiger partial charge is 0.276 e. The predicted molar refractivity (Wildman–Crippen MR) is 153 cm³/mol. The number of aryl methyl sites for hydroxylation is 1. The molecule has 10 nitrogen and oxygen atoms in total. The van der Waals surface area contributed by atoms with Crippen molar-refractivity contribution in [3.8, 4) is 11.1 Å². The Morgan fingerprint density at radius 1 is 1.02 bits per heavy atom. The average Bonchev–Trinajstić information content (AvgIpc) is 3.32. The first-order valence-corrected chi connectivity index (χ1v) is 13.6. The Morgan fingerprint density at radius 2 is 1.77 bits per heavy atom. The Hall–Kier alpha value is -4.09. The van der Waals surface area contributed by atoms with Crippen LogP contribution in [0.5, 0.6) is 0 Å². The number of fused-ring (bicyclic) bond motifs is 1. The lowest BCUT2D eigenvalue weighted by Crippen LogP contribution is -2.50. The Morgan fingerprint density at radius 3 is 2.52 bits per heavy atom. The van der Waals surface area contributed by atoms with Crippen LogP contribution >= 0.6 is 0 Å². The number of likely N-dealkylation sites (N-methyl/N-ethyl adjacent to an activating group) is 1. The van der Waals surface area contributed by atoms with Crippen LogP contribution in [0.15, 0.2) is 48.8 Å². The van der Waals surface area contributed by atoms with Crippen LogP contribution in [-0.2, 0) is 11.8 Å². The van der Waals surface area contributed by atoms with Crippen LogP contribution in [0, 0.1) is 5.82 Å². The number of nitrogens with one attached hydrogen (secondary N) is 1. The van der Waals surface area contributed by atoms with Gasteiger partial charge in [-0.05, 0) is 32.2 Å². The Kier molecular flexibility index (Phi) is 7.07. The molecule has 4 heterocycles. The third-order valence-electron chi connectivity index (χ3n) is 7.85.